The molecule has 2 N–H and O–H groups in total. The Balaban J connectivity index is 0.00000124. The van der Waals surface area contributed by atoms with Gasteiger partial charge in [-0.15, -0.1) is 22.9 Å². The Bertz CT molecular complexity index is 817. The number of aliphatic hydroxyl groups is 1. The molecule has 3 heterocycles. The number of piperidine rings is 1. The van der Waals surface area contributed by atoms with Crippen molar-refractivity contribution in [1.29, 1.82) is 5.41 Å². The molecule has 0 bridgehead atoms. The Morgan fingerprint density at radius 3 is 2.77 bits per heavy atom. The van der Waals surface area contributed by atoms with E-state index in [1.54, 1.807) is 11.3 Å². The number of hydrogen-bond donors (Lipinski definition) is 2. The number of nitrogens with zero attached hydrogens (tertiary/aromatic N) is 3. The first-order chi connectivity index (χ1) is 14.3. The number of carbonyl (C=O) groups excluding carboxylic acids is 1. The van der Waals surface area contributed by atoms with Crippen LogP contribution in [0.1, 0.15) is 69.0 Å². The van der Waals surface area contributed by atoms with E-state index in [0.29, 0.717) is 18.1 Å². The van der Waals surface area contributed by atoms with E-state index in [-0.39, 0.29) is 17.2 Å². The Morgan fingerprint density at radius 2 is 2.10 bits per heavy atom. The average molecular weight is 455 g/mol. The number of alkyl halides is 1. The van der Waals surface area contributed by atoms with Gasteiger partial charge >= 0.3 is 0 Å². The highest BCUT2D eigenvalue weighted by molar-refractivity contribution is 7.10. The summed E-state index contributed by atoms with van der Waals surface area (Å²) in [6.45, 7) is 5.96. The van der Waals surface area contributed by atoms with Gasteiger partial charge in [-0.1, -0.05) is 19.0 Å². The molecule has 30 heavy (non-hydrogen) atoms. The van der Waals surface area contributed by atoms with Crippen LogP contribution in [-0.4, -0.2) is 64.0 Å². The van der Waals surface area contributed by atoms with Gasteiger partial charge in [0.05, 0.1) is 16.4 Å². The molecule has 166 valence electrons. The van der Waals surface area contributed by atoms with Crippen molar-refractivity contribution in [3.8, 4) is 0 Å². The number of halogens is 1. The van der Waals surface area contributed by atoms with E-state index >= 15 is 0 Å². The second-order valence-corrected chi connectivity index (χ2v) is 10.1. The van der Waals surface area contributed by atoms with Crippen molar-refractivity contribution in [2.45, 2.75) is 63.9 Å². The number of hydrogen-bond acceptors (Lipinski definition) is 7. The summed E-state index contributed by atoms with van der Waals surface area (Å²) >= 11 is 7.33. The molecule has 1 amide bonds. The smallest absolute Gasteiger partial charge is 0.237 e. The molecule has 9 heteroatoms. The van der Waals surface area contributed by atoms with Crippen LogP contribution in [0.15, 0.2) is 10.5 Å². The van der Waals surface area contributed by atoms with Crippen molar-refractivity contribution < 1.29 is 14.7 Å². The van der Waals surface area contributed by atoms with E-state index < -0.39 is 5.60 Å². The summed E-state index contributed by atoms with van der Waals surface area (Å²) in [7, 11) is 1.00. The molecule has 4 rings (SSSR count). The molecule has 2 aliphatic heterocycles. The molecule has 1 saturated heterocycles. The molecule has 1 saturated carbocycles. The first-order valence-corrected chi connectivity index (χ1v) is 11.8. The summed E-state index contributed by atoms with van der Waals surface area (Å²) in [4.78, 5) is 24.3. The van der Waals surface area contributed by atoms with Crippen molar-refractivity contribution in [1.82, 2.24) is 9.88 Å². The number of thiazole rings is 1. The van der Waals surface area contributed by atoms with Gasteiger partial charge < -0.3 is 20.3 Å². The third-order valence-corrected chi connectivity index (χ3v) is 7.51. The molecule has 1 aliphatic carbocycles. The molecule has 7 nitrogen and oxygen atoms in total. The van der Waals surface area contributed by atoms with Gasteiger partial charge in [0.1, 0.15) is 11.6 Å². The number of likely N-dealkylation sites (tertiary alicyclic amines) is 1. The first-order valence-electron chi connectivity index (χ1n) is 10.4. The quantitative estimate of drug-likeness (QED) is 0.678. The number of aliphatic hydroxyl groups excluding tert-OH is 1. The summed E-state index contributed by atoms with van der Waals surface area (Å²) in [5.41, 5.74) is 2.00. The van der Waals surface area contributed by atoms with E-state index in [4.69, 9.17) is 31.9 Å². The Kier molecular flexibility index (Phi) is 7.20. The van der Waals surface area contributed by atoms with E-state index in [2.05, 4.69) is 24.4 Å². The minimum Gasteiger partial charge on any atom is -0.400 e. The van der Waals surface area contributed by atoms with Crippen molar-refractivity contribution in [3.63, 3.8) is 0 Å². The van der Waals surface area contributed by atoms with Crippen LogP contribution < -0.4 is 0 Å². The second-order valence-electron chi connectivity index (χ2n) is 8.98. The van der Waals surface area contributed by atoms with Gasteiger partial charge in [-0.25, -0.2) is 4.98 Å². The van der Waals surface area contributed by atoms with Crippen LogP contribution in [0.5, 0.6) is 0 Å². The maximum absolute atomic E-state index is 11.7. The lowest BCUT2D eigenvalue weighted by Gasteiger charge is -2.40. The van der Waals surface area contributed by atoms with Crippen LogP contribution in [-0.2, 0) is 9.63 Å². The third-order valence-electron chi connectivity index (χ3n) is 6.28. The zero-order valence-electron chi connectivity index (χ0n) is 17.9. The van der Waals surface area contributed by atoms with Crippen LogP contribution in [0.2, 0.25) is 0 Å². The molecule has 1 unspecified atom stereocenters. The molecular weight excluding hydrogens is 424 g/mol. The zero-order valence-corrected chi connectivity index (χ0v) is 19.5. The van der Waals surface area contributed by atoms with E-state index in [1.807, 2.05) is 4.90 Å². The van der Waals surface area contributed by atoms with Crippen LogP contribution in [0.3, 0.4) is 0 Å². The van der Waals surface area contributed by atoms with Gasteiger partial charge in [0.25, 0.3) is 0 Å². The molecule has 0 radical (unpaired) electrons. The molecule has 1 aromatic heterocycles. The molecule has 2 fully saturated rings. The van der Waals surface area contributed by atoms with Crippen molar-refractivity contribution in [2.75, 3.05) is 26.1 Å². The van der Waals surface area contributed by atoms with Gasteiger partial charge in [0.2, 0.25) is 5.91 Å². The topological polar surface area (TPSA) is 98.9 Å². The molecule has 0 aromatic carbocycles. The average Bonchev–Trinajstić information content (AvgIpc) is 3.40. The fraction of sp³-hybridized carbons (Fsp3) is 0.714. The minimum atomic E-state index is -0.575. The largest absolute Gasteiger partial charge is 0.400 e. The number of amides is 1. The zero-order chi connectivity index (χ0) is 21.9. The third kappa shape index (κ3) is 4.70. The Labute approximate surface area is 187 Å². The number of aromatic nitrogens is 1. The van der Waals surface area contributed by atoms with Crippen LogP contribution in [0.25, 0.3) is 0 Å². The molecule has 3 aliphatic rings. The highest BCUT2D eigenvalue weighted by Gasteiger charge is 2.50. The van der Waals surface area contributed by atoms with Gasteiger partial charge in [-0.3, -0.25) is 4.79 Å². The lowest BCUT2D eigenvalue weighted by Crippen LogP contribution is -2.46. The number of rotatable bonds is 3. The fourth-order valence-electron chi connectivity index (χ4n) is 4.60. The molecule has 1 aromatic rings. The second kappa shape index (κ2) is 9.32. The fourth-order valence-corrected chi connectivity index (χ4v) is 5.77. The van der Waals surface area contributed by atoms with Crippen LogP contribution in [0.4, 0.5) is 0 Å². The highest BCUT2D eigenvalue weighted by Crippen LogP contribution is 2.45. The highest BCUT2D eigenvalue weighted by atomic mass is 35.5. The summed E-state index contributed by atoms with van der Waals surface area (Å²) in [6, 6.07) is 0. The number of nitrogens with one attached hydrogen (secondary N) is 1. The SMILES string of the molecule is CC1(C)CCC(=N)C2(CC(c3csc(C4CCN(C(=O)CCl)CC4)n3)=NO2)C1.CO. The van der Waals surface area contributed by atoms with E-state index in [1.165, 1.54) is 0 Å². The van der Waals surface area contributed by atoms with Crippen molar-refractivity contribution in [3.05, 3.63) is 16.1 Å². The predicted octanol–water partition coefficient (Wildman–Crippen LogP) is 3.79. The summed E-state index contributed by atoms with van der Waals surface area (Å²) < 4.78 is 0. The maximum atomic E-state index is 11.7. The normalized spacial score (nSPS) is 26.1. The molecule has 1 atom stereocenters. The molecular formula is C21H31ClN4O3S. The van der Waals surface area contributed by atoms with Crippen LogP contribution >= 0.6 is 22.9 Å². The van der Waals surface area contributed by atoms with Crippen LogP contribution in [0, 0.1) is 10.8 Å². The minimum absolute atomic E-state index is 0.0144. The van der Waals surface area contributed by atoms with Crippen molar-refractivity contribution >= 4 is 40.3 Å². The van der Waals surface area contributed by atoms with Gasteiger partial charge in [-0.05, 0) is 31.1 Å². The van der Waals surface area contributed by atoms with E-state index in [0.717, 1.165) is 68.7 Å². The maximum Gasteiger partial charge on any atom is 0.237 e. The standard InChI is InChI=1S/C20H27ClN4O2S.CH4O/c1-19(2)6-3-16(22)20(12-19)9-14(24-27-20)15-11-28-18(23-15)13-4-7-25(8-5-13)17(26)10-21;1-2/h11,13,22H,3-10,12H2,1-2H3;2H,1H3. The summed E-state index contributed by atoms with van der Waals surface area (Å²) in [5.74, 6) is 0.446. The monoisotopic (exact) mass is 454 g/mol. The Hall–Kier alpha value is -1.51. The number of oxime groups is 1. The van der Waals surface area contributed by atoms with Crippen molar-refractivity contribution in [2.24, 2.45) is 10.6 Å². The van der Waals surface area contributed by atoms with E-state index in [9.17, 15) is 4.79 Å². The lowest BCUT2D eigenvalue weighted by atomic mass is 9.67. The summed E-state index contributed by atoms with van der Waals surface area (Å²) in [6.07, 6.45) is 5.11. The molecule has 1 spiro atoms. The Morgan fingerprint density at radius 1 is 1.40 bits per heavy atom. The van der Waals surface area contributed by atoms with Gasteiger partial charge in [-0.2, -0.15) is 0 Å². The van der Waals surface area contributed by atoms with Gasteiger partial charge in [0.15, 0.2) is 5.60 Å². The first kappa shape index (κ1) is 23.2. The summed E-state index contributed by atoms with van der Waals surface area (Å²) in [5, 5.41) is 23.0. The lowest BCUT2D eigenvalue weighted by molar-refractivity contribution is -0.129. The number of carbonyl (C=O) groups is 1. The van der Waals surface area contributed by atoms with Gasteiger partial charge in [0, 0.05) is 44.3 Å². The predicted molar refractivity (Wildman–Crippen MR) is 120 cm³/mol.